The molecule has 0 radical (unpaired) electrons. The molecule has 0 bridgehead atoms. The van der Waals surface area contributed by atoms with Crippen LogP contribution in [0.5, 0.6) is 0 Å². The molecule has 0 atom stereocenters. The zero-order valence-electron chi connectivity index (χ0n) is 14.7. The molecule has 1 heterocycles. The lowest BCUT2D eigenvalue weighted by atomic mass is 10.2. The van der Waals surface area contributed by atoms with Gasteiger partial charge in [0.05, 0.1) is 6.54 Å². The minimum absolute atomic E-state index is 0.136. The van der Waals surface area contributed by atoms with Gasteiger partial charge in [-0.05, 0) is 43.8 Å². The van der Waals surface area contributed by atoms with E-state index in [1.807, 2.05) is 12.1 Å². The van der Waals surface area contributed by atoms with Gasteiger partial charge in [0.15, 0.2) is 0 Å². The van der Waals surface area contributed by atoms with E-state index in [4.69, 9.17) is 0 Å². The van der Waals surface area contributed by atoms with Crippen LogP contribution < -0.4 is 10.2 Å². The van der Waals surface area contributed by atoms with Crippen molar-refractivity contribution < 1.29 is 14.0 Å². The predicted molar refractivity (Wildman–Crippen MR) is 99.4 cm³/mol. The van der Waals surface area contributed by atoms with Gasteiger partial charge in [0, 0.05) is 36.4 Å². The Hall–Kier alpha value is -2.73. The summed E-state index contributed by atoms with van der Waals surface area (Å²) in [6.45, 7) is 1.25. The fraction of sp³-hybridized carbons (Fsp3) is 0.300. The van der Waals surface area contributed by atoms with Crippen LogP contribution in [0.15, 0.2) is 48.5 Å². The number of likely N-dealkylation sites (N-methyl/N-ethyl adjacent to an activating group) is 1. The Morgan fingerprint density at radius 2 is 1.92 bits per heavy atom. The minimum atomic E-state index is -0.271. The molecule has 0 aromatic heterocycles. The van der Waals surface area contributed by atoms with E-state index in [1.165, 1.54) is 6.07 Å². The van der Waals surface area contributed by atoms with E-state index < -0.39 is 0 Å². The maximum Gasteiger partial charge on any atom is 0.238 e. The number of anilines is 2. The number of nitrogens with zero attached hydrogens (tertiary/aromatic N) is 2. The molecule has 1 N–H and O–H groups in total. The fourth-order valence-electron chi connectivity index (χ4n) is 3.06. The number of rotatable bonds is 6. The molecule has 136 valence electrons. The van der Waals surface area contributed by atoms with Crippen molar-refractivity contribution in [2.24, 2.45) is 0 Å². The van der Waals surface area contributed by atoms with Crippen LogP contribution in [0.4, 0.5) is 15.8 Å². The van der Waals surface area contributed by atoms with E-state index in [9.17, 15) is 14.0 Å². The third kappa shape index (κ3) is 4.46. The topological polar surface area (TPSA) is 52.7 Å². The number of amides is 2. The first-order chi connectivity index (χ1) is 12.5. The Morgan fingerprint density at radius 1 is 1.19 bits per heavy atom. The first-order valence-corrected chi connectivity index (χ1v) is 8.65. The standard InChI is InChI=1S/C20H22FN3O2/c1-23(13-15-5-2-3-6-18(15)21)14-19(25)22-16-8-10-17(11-9-16)24-12-4-7-20(24)26/h2-3,5-6,8-11H,4,7,12-14H2,1H3,(H,22,25). The van der Waals surface area contributed by atoms with Crippen LogP contribution in [0.2, 0.25) is 0 Å². The highest BCUT2D eigenvalue weighted by atomic mass is 19.1. The van der Waals surface area contributed by atoms with Gasteiger partial charge in [0.1, 0.15) is 5.82 Å². The monoisotopic (exact) mass is 355 g/mol. The van der Waals surface area contributed by atoms with Crippen molar-refractivity contribution in [2.75, 3.05) is 30.4 Å². The Balaban J connectivity index is 1.53. The Labute approximate surface area is 152 Å². The predicted octanol–water partition coefficient (Wildman–Crippen LogP) is 3.02. The second-order valence-electron chi connectivity index (χ2n) is 6.51. The second kappa shape index (κ2) is 8.10. The summed E-state index contributed by atoms with van der Waals surface area (Å²) >= 11 is 0. The molecule has 0 spiro atoms. The molecule has 1 aliphatic heterocycles. The molecule has 3 rings (SSSR count). The Bertz CT molecular complexity index is 792. The first kappa shape index (κ1) is 18.1. The Kier molecular flexibility index (Phi) is 5.63. The SMILES string of the molecule is CN(CC(=O)Nc1ccc(N2CCCC2=O)cc1)Cc1ccccc1F. The van der Waals surface area contributed by atoms with Crippen LogP contribution in [0.25, 0.3) is 0 Å². The van der Waals surface area contributed by atoms with E-state index in [2.05, 4.69) is 5.32 Å². The normalized spacial score (nSPS) is 14.1. The number of hydrogen-bond donors (Lipinski definition) is 1. The van der Waals surface area contributed by atoms with Crippen LogP contribution in [0, 0.1) is 5.82 Å². The highest BCUT2D eigenvalue weighted by molar-refractivity contribution is 5.96. The van der Waals surface area contributed by atoms with Crippen LogP contribution in [-0.2, 0) is 16.1 Å². The summed E-state index contributed by atoms with van der Waals surface area (Å²) < 4.78 is 13.7. The summed E-state index contributed by atoms with van der Waals surface area (Å²) in [7, 11) is 1.77. The summed E-state index contributed by atoms with van der Waals surface area (Å²) in [5, 5.41) is 2.82. The van der Waals surface area contributed by atoms with Crippen molar-refractivity contribution >= 4 is 23.2 Å². The van der Waals surface area contributed by atoms with E-state index in [0.29, 0.717) is 24.2 Å². The number of carbonyl (C=O) groups excluding carboxylic acids is 2. The third-order valence-electron chi connectivity index (χ3n) is 4.35. The molecule has 0 aliphatic carbocycles. The zero-order chi connectivity index (χ0) is 18.5. The van der Waals surface area contributed by atoms with Crippen molar-refractivity contribution in [3.63, 3.8) is 0 Å². The summed E-state index contributed by atoms with van der Waals surface area (Å²) in [6.07, 6.45) is 1.47. The molecule has 2 aromatic carbocycles. The molecule has 2 aromatic rings. The van der Waals surface area contributed by atoms with Gasteiger partial charge in [-0.1, -0.05) is 18.2 Å². The number of nitrogens with one attached hydrogen (secondary N) is 1. The smallest absolute Gasteiger partial charge is 0.238 e. The lowest BCUT2D eigenvalue weighted by molar-refractivity contribution is -0.117. The summed E-state index contributed by atoms with van der Waals surface area (Å²) in [4.78, 5) is 27.4. The number of hydrogen-bond acceptors (Lipinski definition) is 3. The number of carbonyl (C=O) groups is 2. The number of halogens is 1. The maximum absolute atomic E-state index is 13.7. The molecule has 2 amide bonds. The third-order valence-corrected chi connectivity index (χ3v) is 4.35. The largest absolute Gasteiger partial charge is 0.325 e. The highest BCUT2D eigenvalue weighted by Gasteiger charge is 2.21. The van der Waals surface area contributed by atoms with Gasteiger partial charge >= 0.3 is 0 Å². The van der Waals surface area contributed by atoms with Gasteiger partial charge < -0.3 is 10.2 Å². The molecule has 26 heavy (non-hydrogen) atoms. The lowest BCUT2D eigenvalue weighted by Crippen LogP contribution is -2.30. The molecule has 0 saturated carbocycles. The van der Waals surface area contributed by atoms with Crippen LogP contribution in [-0.4, -0.2) is 36.9 Å². The molecule has 5 nitrogen and oxygen atoms in total. The zero-order valence-corrected chi connectivity index (χ0v) is 14.7. The van der Waals surface area contributed by atoms with Crippen molar-refractivity contribution in [1.82, 2.24) is 4.90 Å². The summed E-state index contributed by atoms with van der Waals surface area (Å²) in [6, 6.07) is 13.8. The van der Waals surface area contributed by atoms with Gasteiger partial charge in [0.2, 0.25) is 11.8 Å². The summed E-state index contributed by atoms with van der Waals surface area (Å²) in [5.74, 6) is -0.308. The van der Waals surface area contributed by atoms with Gasteiger partial charge in [-0.2, -0.15) is 0 Å². The van der Waals surface area contributed by atoms with Crippen molar-refractivity contribution in [3.8, 4) is 0 Å². The van der Waals surface area contributed by atoms with Crippen LogP contribution in [0.1, 0.15) is 18.4 Å². The van der Waals surface area contributed by atoms with Crippen LogP contribution >= 0.6 is 0 Å². The van der Waals surface area contributed by atoms with Crippen LogP contribution in [0.3, 0.4) is 0 Å². The van der Waals surface area contributed by atoms with Gasteiger partial charge in [0.25, 0.3) is 0 Å². The molecule has 1 fully saturated rings. The second-order valence-corrected chi connectivity index (χ2v) is 6.51. The maximum atomic E-state index is 13.7. The van der Waals surface area contributed by atoms with Crippen molar-refractivity contribution in [3.05, 3.63) is 59.9 Å². The first-order valence-electron chi connectivity index (χ1n) is 8.65. The molecule has 1 aliphatic rings. The average Bonchev–Trinajstić information content (AvgIpc) is 3.03. The molecular formula is C20H22FN3O2. The minimum Gasteiger partial charge on any atom is -0.325 e. The van der Waals surface area contributed by atoms with E-state index in [1.54, 1.807) is 47.2 Å². The summed E-state index contributed by atoms with van der Waals surface area (Å²) in [5.41, 5.74) is 2.08. The molecular weight excluding hydrogens is 333 g/mol. The quantitative estimate of drug-likeness (QED) is 0.867. The van der Waals surface area contributed by atoms with Gasteiger partial charge in [-0.3, -0.25) is 14.5 Å². The average molecular weight is 355 g/mol. The molecule has 6 heteroatoms. The highest BCUT2D eigenvalue weighted by Crippen LogP contribution is 2.23. The van der Waals surface area contributed by atoms with E-state index in [-0.39, 0.29) is 24.2 Å². The lowest BCUT2D eigenvalue weighted by Gasteiger charge is -2.18. The van der Waals surface area contributed by atoms with Crippen molar-refractivity contribution in [1.29, 1.82) is 0 Å². The molecule has 0 unspecified atom stereocenters. The van der Waals surface area contributed by atoms with Crippen molar-refractivity contribution in [2.45, 2.75) is 19.4 Å². The number of benzene rings is 2. The fourth-order valence-corrected chi connectivity index (χ4v) is 3.06. The van der Waals surface area contributed by atoms with E-state index >= 15 is 0 Å². The van der Waals surface area contributed by atoms with Gasteiger partial charge in [-0.25, -0.2) is 4.39 Å². The van der Waals surface area contributed by atoms with E-state index in [0.717, 1.165) is 18.7 Å². The van der Waals surface area contributed by atoms with Gasteiger partial charge in [-0.15, -0.1) is 0 Å². The molecule has 1 saturated heterocycles. The Morgan fingerprint density at radius 3 is 2.58 bits per heavy atom.